The summed E-state index contributed by atoms with van der Waals surface area (Å²) in [5, 5.41) is 10.5. The first-order valence-electron chi connectivity index (χ1n) is 4.27. The molecule has 6 nitrogen and oxygen atoms in total. The zero-order chi connectivity index (χ0) is 12.2. The summed E-state index contributed by atoms with van der Waals surface area (Å²) in [6, 6.07) is 4.95. The molecule has 0 aliphatic carbocycles. The molecular formula is C8H9IN2O4S. The Bertz CT molecular complexity index is 489. The molecule has 0 heterocycles. The largest absolute Gasteiger partial charge is 0.270 e. The van der Waals surface area contributed by atoms with Gasteiger partial charge in [-0.25, -0.2) is 13.1 Å². The molecule has 8 heteroatoms. The first kappa shape index (κ1) is 13.3. The minimum atomic E-state index is -3.64. The maximum absolute atomic E-state index is 11.6. The Kier molecular flexibility index (Phi) is 4.62. The zero-order valence-electron chi connectivity index (χ0n) is 8.09. The molecule has 1 N–H and O–H groups in total. The van der Waals surface area contributed by atoms with Gasteiger partial charge in [-0.05, 0) is 6.07 Å². The van der Waals surface area contributed by atoms with Gasteiger partial charge < -0.3 is 0 Å². The number of nitrogens with zero attached hydrogens (tertiary/aromatic N) is 1. The Morgan fingerprint density at radius 1 is 1.44 bits per heavy atom. The van der Waals surface area contributed by atoms with Crippen LogP contribution in [0.4, 0.5) is 5.69 Å². The molecule has 0 saturated carbocycles. The van der Waals surface area contributed by atoms with Crippen molar-refractivity contribution in [2.75, 3.05) is 11.0 Å². The summed E-state index contributed by atoms with van der Waals surface area (Å²) in [5.41, 5.74) is -0.239. The van der Waals surface area contributed by atoms with Crippen molar-refractivity contribution in [1.29, 1.82) is 0 Å². The van der Waals surface area contributed by atoms with E-state index in [-0.39, 0.29) is 10.6 Å². The normalized spacial score (nSPS) is 11.3. The Hall–Kier alpha value is -0.740. The number of nitro groups is 1. The van der Waals surface area contributed by atoms with Crippen LogP contribution in [0.15, 0.2) is 29.2 Å². The van der Waals surface area contributed by atoms with Gasteiger partial charge in [0.1, 0.15) is 0 Å². The van der Waals surface area contributed by atoms with E-state index in [1.165, 1.54) is 18.2 Å². The second-order valence-corrected chi connectivity index (χ2v) is 5.69. The number of hydrogen-bond donors (Lipinski definition) is 1. The number of nitro benzene ring substituents is 1. The van der Waals surface area contributed by atoms with Crippen LogP contribution in [0.3, 0.4) is 0 Å². The zero-order valence-corrected chi connectivity index (χ0v) is 11.1. The van der Waals surface area contributed by atoms with E-state index >= 15 is 0 Å². The van der Waals surface area contributed by atoms with E-state index in [0.717, 1.165) is 6.07 Å². The van der Waals surface area contributed by atoms with Crippen molar-refractivity contribution in [3.8, 4) is 0 Å². The van der Waals surface area contributed by atoms with Crippen molar-refractivity contribution in [1.82, 2.24) is 4.72 Å². The van der Waals surface area contributed by atoms with Crippen LogP contribution in [0.25, 0.3) is 0 Å². The fourth-order valence-corrected chi connectivity index (χ4v) is 2.73. The average molecular weight is 356 g/mol. The third kappa shape index (κ3) is 3.39. The van der Waals surface area contributed by atoms with Crippen LogP contribution in [-0.4, -0.2) is 24.3 Å². The standard InChI is InChI=1S/C8H9IN2O4S/c9-4-5-10-16(14,15)8-3-1-2-7(6-8)11(12)13/h1-3,6,10H,4-5H2. The number of alkyl halides is 1. The molecule has 0 unspecified atom stereocenters. The van der Waals surface area contributed by atoms with E-state index in [1.54, 1.807) is 0 Å². The van der Waals surface area contributed by atoms with Crippen LogP contribution in [0, 0.1) is 10.1 Å². The highest BCUT2D eigenvalue weighted by atomic mass is 127. The van der Waals surface area contributed by atoms with E-state index in [4.69, 9.17) is 0 Å². The molecule has 0 bridgehead atoms. The minimum Gasteiger partial charge on any atom is -0.258 e. The Labute approximate surface area is 106 Å². The highest BCUT2D eigenvalue weighted by Crippen LogP contribution is 2.16. The SMILES string of the molecule is O=[N+]([O-])c1cccc(S(=O)(=O)NCCI)c1. The van der Waals surface area contributed by atoms with Crippen LogP contribution in [-0.2, 0) is 10.0 Å². The molecule has 0 spiro atoms. The summed E-state index contributed by atoms with van der Waals surface area (Å²) >= 11 is 2.03. The monoisotopic (exact) mass is 356 g/mol. The first-order valence-corrected chi connectivity index (χ1v) is 7.28. The van der Waals surface area contributed by atoms with Crippen molar-refractivity contribution < 1.29 is 13.3 Å². The lowest BCUT2D eigenvalue weighted by molar-refractivity contribution is -0.385. The molecule has 0 atom stereocenters. The smallest absolute Gasteiger partial charge is 0.258 e. The number of benzene rings is 1. The lowest BCUT2D eigenvalue weighted by Crippen LogP contribution is -2.25. The number of halogens is 1. The number of hydrogen-bond acceptors (Lipinski definition) is 4. The summed E-state index contributed by atoms with van der Waals surface area (Å²) in [6.07, 6.45) is 0. The third-order valence-corrected chi connectivity index (χ3v) is 3.72. The van der Waals surface area contributed by atoms with Crippen LogP contribution in [0.1, 0.15) is 0 Å². The predicted octanol–water partition coefficient (Wildman–Crippen LogP) is 1.31. The van der Waals surface area contributed by atoms with Gasteiger partial charge in [0.15, 0.2) is 0 Å². The molecular weight excluding hydrogens is 347 g/mol. The van der Waals surface area contributed by atoms with Crippen molar-refractivity contribution in [2.45, 2.75) is 4.90 Å². The number of non-ortho nitro benzene ring substituents is 1. The van der Waals surface area contributed by atoms with E-state index in [1.807, 2.05) is 22.6 Å². The quantitative estimate of drug-likeness (QED) is 0.373. The lowest BCUT2D eigenvalue weighted by atomic mass is 10.3. The van der Waals surface area contributed by atoms with E-state index < -0.39 is 14.9 Å². The van der Waals surface area contributed by atoms with Crippen molar-refractivity contribution in [3.05, 3.63) is 34.4 Å². The van der Waals surface area contributed by atoms with E-state index in [9.17, 15) is 18.5 Å². The highest BCUT2D eigenvalue weighted by Gasteiger charge is 2.16. The van der Waals surface area contributed by atoms with Gasteiger partial charge in [0.05, 0.1) is 9.82 Å². The van der Waals surface area contributed by atoms with Crippen LogP contribution in [0.2, 0.25) is 0 Å². The third-order valence-electron chi connectivity index (χ3n) is 1.73. The molecule has 88 valence electrons. The summed E-state index contributed by atoms with van der Waals surface area (Å²) < 4.78 is 26.2. The molecule has 1 aromatic rings. The van der Waals surface area contributed by atoms with Crippen molar-refractivity contribution in [2.24, 2.45) is 0 Å². The topological polar surface area (TPSA) is 89.3 Å². The van der Waals surface area contributed by atoms with Gasteiger partial charge in [-0.1, -0.05) is 28.7 Å². The second kappa shape index (κ2) is 5.55. The second-order valence-electron chi connectivity index (χ2n) is 2.84. The van der Waals surface area contributed by atoms with Gasteiger partial charge in [-0.2, -0.15) is 0 Å². The van der Waals surface area contributed by atoms with Crippen LogP contribution < -0.4 is 4.72 Å². The molecule has 0 fully saturated rings. The number of nitrogens with one attached hydrogen (secondary N) is 1. The van der Waals surface area contributed by atoms with Gasteiger partial charge in [0.2, 0.25) is 10.0 Å². The van der Waals surface area contributed by atoms with Gasteiger partial charge in [0.25, 0.3) is 5.69 Å². The molecule has 0 aromatic heterocycles. The first-order chi connectivity index (χ1) is 7.47. The fraction of sp³-hybridized carbons (Fsp3) is 0.250. The van der Waals surface area contributed by atoms with Crippen molar-refractivity contribution in [3.63, 3.8) is 0 Å². The van der Waals surface area contributed by atoms with Crippen molar-refractivity contribution >= 4 is 38.3 Å². The maximum Gasteiger partial charge on any atom is 0.270 e. The molecule has 0 saturated heterocycles. The Morgan fingerprint density at radius 2 is 2.12 bits per heavy atom. The Morgan fingerprint density at radius 3 is 2.69 bits per heavy atom. The lowest BCUT2D eigenvalue weighted by Gasteiger charge is -2.04. The maximum atomic E-state index is 11.6. The van der Waals surface area contributed by atoms with Crippen LogP contribution >= 0.6 is 22.6 Å². The molecule has 0 aliphatic rings. The summed E-state index contributed by atoms with van der Waals surface area (Å²) in [7, 11) is -3.64. The molecule has 1 aromatic carbocycles. The predicted molar refractivity (Wildman–Crippen MR) is 67.2 cm³/mol. The number of rotatable bonds is 5. The van der Waals surface area contributed by atoms with Gasteiger partial charge in [0, 0.05) is 23.1 Å². The van der Waals surface area contributed by atoms with E-state index in [2.05, 4.69) is 4.72 Å². The summed E-state index contributed by atoms with van der Waals surface area (Å²) in [4.78, 5) is 9.76. The Balaban J connectivity index is 3.04. The van der Waals surface area contributed by atoms with Crippen LogP contribution in [0.5, 0.6) is 0 Å². The van der Waals surface area contributed by atoms with Gasteiger partial charge >= 0.3 is 0 Å². The molecule has 0 aliphatic heterocycles. The van der Waals surface area contributed by atoms with Gasteiger partial charge in [-0.3, -0.25) is 10.1 Å². The minimum absolute atomic E-state index is 0.0912. The molecule has 0 radical (unpaired) electrons. The molecule has 16 heavy (non-hydrogen) atoms. The molecule has 0 amide bonds. The summed E-state index contributed by atoms with van der Waals surface area (Å²) in [5.74, 6) is 0. The van der Waals surface area contributed by atoms with E-state index in [0.29, 0.717) is 11.0 Å². The molecule has 1 rings (SSSR count). The highest BCUT2D eigenvalue weighted by molar-refractivity contribution is 14.1. The number of sulfonamides is 1. The van der Waals surface area contributed by atoms with Gasteiger partial charge in [-0.15, -0.1) is 0 Å². The fourth-order valence-electron chi connectivity index (χ4n) is 1.02. The average Bonchev–Trinajstić information content (AvgIpc) is 2.26. The summed E-state index contributed by atoms with van der Waals surface area (Å²) in [6.45, 7) is 0.297.